The Balaban J connectivity index is 1.65. The van der Waals surface area contributed by atoms with Crippen LogP contribution in [0.2, 0.25) is 0 Å². The smallest absolute Gasteiger partial charge is 0.372 e. The van der Waals surface area contributed by atoms with Gasteiger partial charge in [-0.2, -0.15) is 0 Å². The van der Waals surface area contributed by atoms with Gasteiger partial charge in [0.1, 0.15) is 0 Å². The van der Waals surface area contributed by atoms with E-state index < -0.39 is 11.8 Å². The third kappa shape index (κ3) is 2.02. The van der Waals surface area contributed by atoms with E-state index in [1.54, 1.807) is 5.57 Å². The molecule has 4 rings (SSSR count). The van der Waals surface area contributed by atoms with Crippen LogP contribution >= 0.6 is 0 Å². The molecule has 4 aliphatic rings. The van der Waals surface area contributed by atoms with Gasteiger partial charge in [-0.25, -0.2) is 4.79 Å². The quantitative estimate of drug-likeness (QED) is 0.604. The molecule has 0 heterocycles. The number of hydrogen-bond acceptors (Lipinski definition) is 2. The number of aliphatic carboxylic acids is 1. The van der Waals surface area contributed by atoms with E-state index in [0.29, 0.717) is 17.8 Å². The molecule has 3 heteroatoms. The van der Waals surface area contributed by atoms with Gasteiger partial charge in [0.15, 0.2) is 0 Å². The average Bonchev–Trinajstić information content (AvgIpc) is 2.90. The highest BCUT2D eigenvalue weighted by molar-refractivity contribution is 6.33. The van der Waals surface area contributed by atoms with Crippen LogP contribution in [0.3, 0.4) is 0 Å². The monoisotopic (exact) mass is 328 g/mol. The molecular formula is C21H28O3. The summed E-state index contributed by atoms with van der Waals surface area (Å²) in [5, 5.41) is 9.21. The van der Waals surface area contributed by atoms with Crippen LogP contribution in [0.25, 0.3) is 0 Å². The van der Waals surface area contributed by atoms with Crippen molar-refractivity contribution in [1.82, 2.24) is 0 Å². The van der Waals surface area contributed by atoms with Gasteiger partial charge in [0.2, 0.25) is 5.78 Å². The molecule has 0 aromatic carbocycles. The van der Waals surface area contributed by atoms with E-state index in [1.165, 1.54) is 12.8 Å². The number of carboxylic acids is 1. The van der Waals surface area contributed by atoms with E-state index in [0.717, 1.165) is 32.1 Å². The van der Waals surface area contributed by atoms with Crippen molar-refractivity contribution >= 4 is 11.8 Å². The fraction of sp³-hybridized carbons (Fsp3) is 0.714. The Kier molecular flexibility index (Phi) is 3.56. The molecule has 0 aliphatic heterocycles. The Bertz CT molecular complexity index is 645. The van der Waals surface area contributed by atoms with Gasteiger partial charge < -0.3 is 5.11 Å². The van der Waals surface area contributed by atoms with E-state index in [9.17, 15) is 14.7 Å². The zero-order chi connectivity index (χ0) is 17.1. The van der Waals surface area contributed by atoms with Crippen molar-refractivity contribution < 1.29 is 14.7 Å². The first-order valence-electron chi connectivity index (χ1n) is 9.52. The second-order valence-corrected chi connectivity index (χ2v) is 8.91. The maximum absolute atomic E-state index is 12.2. The van der Waals surface area contributed by atoms with Crippen LogP contribution < -0.4 is 0 Å². The minimum absolute atomic E-state index is 0.105. The minimum Gasteiger partial charge on any atom is -0.475 e. The molecule has 6 atom stereocenters. The highest BCUT2D eigenvalue weighted by Gasteiger charge is 2.60. The Morgan fingerprint density at radius 2 is 1.92 bits per heavy atom. The topological polar surface area (TPSA) is 54.4 Å². The van der Waals surface area contributed by atoms with Gasteiger partial charge in [0.05, 0.1) is 0 Å². The van der Waals surface area contributed by atoms with Gasteiger partial charge >= 0.3 is 5.97 Å². The van der Waals surface area contributed by atoms with Crippen molar-refractivity contribution in [2.24, 2.45) is 34.5 Å². The molecule has 0 spiro atoms. The average molecular weight is 328 g/mol. The number of hydrogen-bond donors (Lipinski definition) is 1. The number of carbonyl (C=O) groups excluding carboxylic acids is 1. The summed E-state index contributed by atoms with van der Waals surface area (Å²) in [5.41, 5.74) is 1.70. The van der Waals surface area contributed by atoms with Crippen LogP contribution in [0.4, 0.5) is 0 Å². The standard InChI is InChI=1S/C21H28O3/c1-20-11-4-3-5-13(20)6-7-14-15-8-9-17(18(22)19(23)24)21(15,2)12-10-16(14)20/h4-5,11,14-17H,3,6-10,12H2,1-2H3,(H,23,24)/t14-,15-,16-,17+,20-,21-/m0/s1. The van der Waals surface area contributed by atoms with Crippen molar-refractivity contribution in [2.75, 3.05) is 0 Å². The second-order valence-electron chi connectivity index (χ2n) is 8.91. The summed E-state index contributed by atoms with van der Waals surface area (Å²) in [4.78, 5) is 23.5. The molecule has 0 saturated heterocycles. The van der Waals surface area contributed by atoms with Gasteiger partial charge in [-0.15, -0.1) is 0 Å². The predicted molar refractivity (Wildman–Crippen MR) is 92.4 cm³/mol. The molecule has 0 bridgehead atoms. The maximum atomic E-state index is 12.2. The van der Waals surface area contributed by atoms with Crippen LogP contribution in [-0.4, -0.2) is 16.9 Å². The van der Waals surface area contributed by atoms with E-state index in [2.05, 4.69) is 32.1 Å². The molecule has 3 saturated carbocycles. The predicted octanol–water partition coefficient (Wildman–Crippen LogP) is 4.39. The van der Waals surface area contributed by atoms with Gasteiger partial charge in [-0.3, -0.25) is 4.79 Å². The number of allylic oxidation sites excluding steroid dienone is 4. The third-order valence-electron chi connectivity index (χ3n) is 8.14. The van der Waals surface area contributed by atoms with Crippen LogP contribution in [0.5, 0.6) is 0 Å². The van der Waals surface area contributed by atoms with E-state index in [4.69, 9.17) is 0 Å². The van der Waals surface area contributed by atoms with Gasteiger partial charge in [-0.1, -0.05) is 37.6 Å². The number of Topliss-reactive ketones (excluding diaryl/α,β-unsaturated/α-hetero) is 1. The lowest BCUT2D eigenvalue weighted by Crippen LogP contribution is -2.50. The lowest BCUT2D eigenvalue weighted by atomic mass is 9.47. The maximum Gasteiger partial charge on any atom is 0.372 e. The van der Waals surface area contributed by atoms with Crippen molar-refractivity contribution in [3.05, 3.63) is 23.8 Å². The number of rotatable bonds is 2. The summed E-state index contributed by atoms with van der Waals surface area (Å²) in [5.74, 6) is -0.240. The van der Waals surface area contributed by atoms with Crippen LogP contribution in [-0.2, 0) is 9.59 Å². The fourth-order valence-electron chi connectivity index (χ4n) is 6.92. The lowest BCUT2D eigenvalue weighted by molar-refractivity contribution is -0.154. The molecule has 0 amide bonds. The minimum atomic E-state index is -1.24. The zero-order valence-corrected chi connectivity index (χ0v) is 14.8. The molecule has 0 radical (unpaired) electrons. The summed E-state index contributed by atoms with van der Waals surface area (Å²) in [6, 6.07) is 0. The normalized spacial score (nSPS) is 46.5. The largest absolute Gasteiger partial charge is 0.475 e. The van der Waals surface area contributed by atoms with Crippen molar-refractivity contribution in [3.63, 3.8) is 0 Å². The molecule has 0 unspecified atom stereocenters. The molecule has 1 N–H and O–H groups in total. The molecule has 130 valence electrons. The molecule has 0 aromatic heterocycles. The van der Waals surface area contributed by atoms with Crippen LogP contribution in [0.15, 0.2) is 23.8 Å². The summed E-state index contributed by atoms with van der Waals surface area (Å²) in [7, 11) is 0. The summed E-state index contributed by atoms with van der Waals surface area (Å²) in [6.07, 6.45) is 14.6. The molecular weight excluding hydrogens is 300 g/mol. The molecule has 4 aliphatic carbocycles. The Morgan fingerprint density at radius 3 is 2.67 bits per heavy atom. The molecule has 0 aromatic rings. The lowest BCUT2D eigenvalue weighted by Gasteiger charge is -2.57. The number of carbonyl (C=O) groups is 2. The van der Waals surface area contributed by atoms with Crippen molar-refractivity contribution in [3.8, 4) is 0 Å². The van der Waals surface area contributed by atoms with Crippen molar-refractivity contribution in [1.29, 1.82) is 0 Å². The molecule has 3 nitrogen and oxygen atoms in total. The number of ketones is 1. The molecule has 3 fully saturated rings. The van der Waals surface area contributed by atoms with E-state index in [1.807, 2.05) is 0 Å². The zero-order valence-electron chi connectivity index (χ0n) is 14.8. The van der Waals surface area contributed by atoms with E-state index in [-0.39, 0.29) is 16.7 Å². The van der Waals surface area contributed by atoms with E-state index >= 15 is 0 Å². The highest BCUT2D eigenvalue weighted by Crippen LogP contribution is 2.66. The van der Waals surface area contributed by atoms with Crippen LogP contribution in [0.1, 0.15) is 58.8 Å². The highest BCUT2D eigenvalue weighted by atomic mass is 16.4. The summed E-state index contributed by atoms with van der Waals surface area (Å²) in [6.45, 7) is 4.61. The third-order valence-corrected chi connectivity index (χ3v) is 8.14. The Morgan fingerprint density at radius 1 is 1.12 bits per heavy atom. The van der Waals surface area contributed by atoms with Gasteiger partial charge in [-0.05, 0) is 68.1 Å². The SMILES string of the molecule is C[C@]12CC[C@H]3[C@@H](CCC4=CCC=C[C@@]43C)[C@@H]1CC[C@@H]2C(=O)C(=O)O. The number of fused-ring (bicyclic) bond motifs is 5. The fourth-order valence-corrected chi connectivity index (χ4v) is 6.92. The summed E-state index contributed by atoms with van der Waals surface area (Å²) < 4.78 is 0. The summed E-state index contributed by atoms with van der Waals surface area (Å²) >= 11 is 0. The van der Waals surface area contributed by atoms with Gasteiger partial charge in [0, 0.05) is 11.3 Å². The molecule has 24 heavy (non-hydrogen) atoms. The Labute approximate surface area is 144 Å². The first-order chi connectivity index (χ1) is 11.4. The first kappa shape index (κ1) is 16.1. The number of carboxylic acid groups (broad SMARTS) is 1. The van der Waals surface area contributed by atoms with Crippen molar-refractivity contribution in [2.45, 2.75) is 58.8 Å². The van der Waals surface area contributed by atoms with Gasteiger partial charge in [0.25, 0.3) is 0 Å². The van der Waals surface area contributed by atoms with Crippen LogP contribution in [0, 0.1) is 34.5 Å². The first-order valence-corrected chi connectivity index (χ1v) is 9.52. The second kappa shape index (κ2) is 5.31. The Hall–Kier alpha value is -1.38.